The van der Waals surface area contributed by atoms with Gasteiger partial charge >= 0.3 is 0 Å². The fourth-order valence-corrected chi connectivity index (χ4v) is 7.72. The molecule has 1 heterocycles. The van der Waals surface area contributed by atoms with Crippen LogP contribution in [0.3, 0.4) is 0 Å². The molecule has 0 radical (unpaired) electrons. The average Bonchev–Trinajstić information content (AvgIpc) is 3.00. The van der Waals surface area contributed by atoms with Crippen molar-refractivity contribution in [2.45, 2.75) is 71.3 Å². The van der Waals surface area contributed by atoms with Crippen molar-refractivity contribution >= 4 is 11.8 Å². The summed E-state index contributed by atoms with van der Waals surface area (Å²) < 4.78 is 7.37. The lowest BCUT2D eigenvalue weighted by Crippen LogP contribution is -2.50. The molecule has 0 aromatic carbocycles. The highest BCUT2D eigenvalue weighted by atomic mass is 35.5. The van der Waals surface area contributed by atoms with Crippen LogP contribution in [-0.2, 0) is 0 Å². The molecule has 1 aromatic heterocycles. The summed E-state index contributed by atoms with van der Waals surface area (Å²) >= 11 is 5.81. The van der Waals surface area contributed by atoms with Crippen molar-refractivity contribution < 1.29 is 4.74 Å². The van der Waals surface area contributed by atoms with Crippen LogP contribution in [0.4, 0.5) is 0 Å². The lowest BCUT2D eigenvalue weighted by molar-refractivity contribution is -0.0679. The number of nitrogens with zero attached hydrogens (tertiary/aromatic N) is 1. The van der Waals surface area contributed by atoms with Crippen molar-refractivity contribution in [3.8, 4) is 5.75 Å². The van der Waals surface area contributed by atoms with Crippen LogP contribution < -0.4 is 10.3 Å². The number of allylic oxidation sites excluding steroid dienone is 2. The molecule has 0 saturated heterocycles. The van der Waals surface area contributed by atoms with Gasteiger partial charge in [0.15, 0.2) is 0 Å². The van der Waals surface area contributed by atoms with Crippen molar-refractivity contribution in [3.05, 3.63) is 40.8 Å². The van der Waals surface area contributed by atoms with Crippen LogP contribution >= 0.6 is 11.8 Å². The van der Waals surface area contributed by atoms with Gasteiger partial charge in [-0.25, -0.2) is 4.09 Å². The molecule has 0 spiro atoms. The molecule has 4 aliphatic rings. The molecule has 4 heteroatoms. The van der Waals surface area contributed by atoms with E-state index in [1.165, 1.54) is 44.6 Å². The normalized spacial score (nSPS) is 44.5. The van der Waals surface area contributed by atoms with Gasteiger partial charge in [0, 0.05) is 24.0 Å². The van der Waals surface area contributed by atoms with E-state index in [4.69, 9.17) is 16.5 Å². The van der Waals surface area contributed by atoms with Crippen LogP contribution in [0.2, 0.25) is 0 Å². The minimum Gasteiger partial charge on any atom is -0.490 e. The number of ether oxygens (including phenoxy) is 1. The summed E-state index contributed by atoms with van der Waals surface area (Å²) in [5, 5.41) is 0. The van der Waals surface area contributed by atoms with Gasteiger partial charge in [0.1, 0.15) is 5.75 Å². The molecule has 3 nitrogen and oxygen atoms in total. The maximum atomic E-state index is 11.8. The molecule has 0 N–H and O–H groups in total. The van der Waals surface area contributed by atoms with Gasteiger partial charge in [0.25, 0.3) is 5.56 Å². The van der Waals surface area contributed by atoms with Crippen molar-refractivity contribution in [2.24, 2.45) is 34.5 Å². The molecular formula is C24H32ClNO2. The van der Waals surface area contributed by atoms with E-state index in [2.05, 4.69) is 26.0 Å². The number of fused-ring (bicyclic) bond motifs is 5. The highest BCUT2D eigenvalue weighted by molar-refractivity contribution is 6.15. The summed E-state index contributed by atoms with van der Waals surface area (Å²) in [4.78, 5) is 11.8. The van der Waals surface area contributed by atoms with E-state index in [9.17, 15) is 4.79 Å². The smallest absolute Gasteiger partial charge is 0.268 e. The summed E-state index contributed by atoms with van der Waals surface area (Å²) in [5.41, 5.74) is 0.567. The molecule has 2 unspecified atom stereocenters. The Hall–Kier alpha value is -1.22. The second-order valence-electron chi connectivity index (χ2n) is 10.4. The summed E-state index contributed by atoms with van der Waals surface area (Å²) in [6, 6.07) is 3.32. The summed E-state index contributed by atoms with van der Waals surface area (Å²) in [7, 11) is 0. The molecule has 3 fully saturated rings. The highest BCUT2D eigenvalue weighted by Gasteiger charge is 2.58. The Morgan fingerprint density at radius 1 is 1.18 bits per heavy atom. The molecular weight excluding hydrogens is 370 g/mol. The van der Waals surface area contributed by atoms with Crippen LogP contribution in [0.5, 0.6) is 5.75 Å². The molecule has 4 aliphatic carbocycles. The van der Waals surface area contributed by atoms with Crippen molar-refractivity contribution in [1.82, 2.24) is 4.09 Å². The Labute approximate surface area is 173 Å². The van der Waals surface area contributed by atoms with Gasteiger partial charge in [-0.15, -0.1) is 0 Å². The van der Waals surface area contributed by atoms with Gasteiger partial charge in [-0.2, -0.15) is 0 Å². The first-order valence-corrected chi connectivity index (χ1v) is 11.5. The largest absolute Gasteiger partial charge is 0.490 e. The first-order chi connectivity index (χ1) is 13.4. The maximum Gasteiger partial charge on any atom is 0.268 e. The lowest BCUT2D eigenvalue weighted by Gasteiger charge is -2.58. The van der Waals surface area contributed by atoms with Crippen LogP contribution in [0.25, 0.3) is 0 Å². The molecule has 152 valence electrons. The summed E-state index contributed by atoms with van der Waals surface area (Å²) in [5.74, 6) is 3.96. The van der Waals surface area contributed by atoms with Gasteiger partial charge < -0.3 is 4.74 Å². The quantitative estimate of drug-likeness (QED) is 0.586. The Morgan fingerprint density at radius 2 is 2.04 bits per heavy atom. The monoisotopic (exact) mass is 401 g/mol. The first-order valence-electron chi connectivity index (χ1n) is 11.1. The second kappa shape index (κ2) is 6.65. The molecule has 1 aromatic rings. The van der Waals surface area contributed by atoms with Crippen LogP contribution in [0.15, 0.2) is 35.3 Å². The predicted molar refractivity (Wildman–Crippen MR) is 113 cm³/mol. The number of rotatable bonds is 2. The van der Waals surface area contributed by atoms with E-state index in [-0.39, 0.29) is 11.7 Å². The number of aromatic nitrogens is 1. The number of hydrogen-bond acceptors (Lipinski definition) is 2. The molecule has 3 saturated carbocycles. The Balaban J connectivity index is 1.37. The summed E-state index contributed by atoms with van der Waals surface area (Å²) in [6.07, 6.45) is 17.2. The maximum absolute atomic E-state index is 11.8. The number of halogens is 1. The van der Waals surface area contributed by atoms with Crippen LogP contribution in [0.1, 0.15) is 65.2 Å². The zero-order valence-electron chi connectivity index (χ0n) is 17.1. The fraction of sp³-hybridized carbons (Fsp3) is 0.708. The molecule has 7 atom stereocenters. The zero-order valence-corrected chi connectivity index (χ0v) is 17.8. The summed E-state index contributed by atoms with van der Waals surface area (Å²) in [6.45, 7) is 5.05. The van der Waals surface area contributed by atoms with Crippen LogP contribution in [0, 0.1) is 34.5 Å². The SMILES string of the molecule is C[C@]12CC[C@@H]3[C@@H](CCC4CCC=C[C@@]43C)[C@@H]1CC(Oc1ccn(Cl)c(=O)c1)C2. The minimum atomic E-state index is -0.226. The molecule has 28 heavy (non-hydrogen) atoms. The van der Waals surface area contributed by atoms with Gasteiger partial charge in [-0.05, 0) is 91.9 Å². The molecule has 0 bridgehead atoms. The lowest BCUT2D eigenvalue weighted by atomic mass is 9.46. The third-order valence-corrected chi connectivity index (χ3v) is 9.28. The van der Waals surface area contributed by atoms with Crippen molar-refractivity contribution in [1.29, 1.82) is 0 Å². The predicted octanol–water partition coefficient (Wildman–Crippen LogP) is 5.81. The highest BCUT2D eigenvalue weighted by Crippen LogP contribution is 2.65. The van der Waals surface area contributed by atoms with Crippen molar-refractivity contribution in [2.75, 3.05) is 0 Å². The first kappa shape index (κ1) is 18.8. The standard InChI is InChI=1S/C24H32ClNO2/c1-23-11-8-20-19(7-6-16-5-3-4-10-24(16,20)2)21(23)13-18(15-23)28-17-9-12-26(25)22(27)14-17/h4,9-10,12,14,16,18-21H,3,5-8,11,13,15H2,1-2H3/t16?,18?,19-,20-,21+,23-,24+/m1/s1. The molecule has 5 rings (SSSR count). The minimum absolute atomic E-state index is 0.215. The average molecular weight is 402 g/mol. The van der Waals surface area contributed by atoms with Crippen molar-refractivity contribution in [3.63, 3.8) is 0 Å². The van der Waals surface area contributed by atoms with Crippen LogP contribution in [-0.4, -0.2) is 10.2 Å². The Morgan fingerprint density at radius 3 is 2.86 bits per heavy atom. The zero-order chi connectivity index (χ0) is 19.5. The van der Waals surface area contributed by atoms with Gasteiger partial charge in [0.2, 0.25) is 0 Å². The number of pyridine rings is 1. The molecule has 0 amide bonds. The second-order valence-corrected chi connectivity index (χ2v) is 10.7. The Kier molecular flexibility index (Phi) is 4.46. The fourth-order valence-electron chi connectivity index (χ4n) is 7.61. The van der Waals surface area contributed by atoms with Gasteiger partial charge in [0.05, 0.1) is 6.10 Å². The Bertz CT molecular complexity index is 847. The number of hydrogen-bond donors (Lipinski definition) is 0. The van der Waals surface area contributed by atoms with Gasteiger partial charge in [-0.3, -0.25) is 4.79 Å². The van der Waals surface area contributed by atoms with Gasteiger partial charge in [-0.1, -0.05) is 26.0 Å². The van der Waals surface area contributed by atoms with E-state index in [0.29, 0.717) is 16.6 Å². The third kappa shape index (κ3) is 2.88. The van der Waals surface area contributed by atoms with E-state index in [0.717, 1.165) is 40.6 Å². The third-order valence-electron chi connectivity index (χ3n) is 9.00. The van der Waals surface area contributed by atoms with E-state index >= 15 is 0 Å². The van der Waals surface area contributed by atoms with E-state index < -0.39 is 0 Å². The molecule has 0 aliphatic heterocycles. The van der Waals surface area contributed by atoms with E-state index in [1.54, 1.807) is 12.3 Å². The topological polar surface area (TPSA) is 31.2 Å². The van der Waals surface area contributed by atoms with E-state index in [1.807, 2.05) is 0 Å².